The van der Waals surface area contributed by atoms with Gasteiger partial charge in [0.2, 0.25) is 0 Å². The van der Waals surface area contributed by atoms with Gasteiger partial charge in [0.1, 0.15) is 0 Å². The molecule has 0 heterocycles. The highest BCUT2D eigenvalue weighted by Gasteiger charge is 2.28. The third-order valence-electron chi connectivity index (χ3n) is 3.90. The summed E-state index contributed by atoms with van der Waals surface area (Å²) in [5.74, 6) is 0. The smallest absolute Gasteiger partial charge is 0.317 e. The van der Waals surface area contributed by atoms with Crippen LogP contribution >= 0.6 is 0 Å². The van der Waals surface area contributed by atoms with Crippen LogP contribution in [0, 0.1) is 0 Å². The van der Waals surface area contributed by atoms with Gasteiger partial charge >= 0.3 is 6.03 Å². The molecule has 1 saturated carbocycles. The normalized spacial score (nSPS) is 22.8. The molecule has 19 heavy (non-hydrogen) atoms. The largest absolute Gasteiger partial charge is 0.395 e. The molecule has 0 bridgehead atoms. The Hall–Kier alpha value is -0.810. The molecule has 0 aromatic heterocycles. The van der Waals surface area contributed by atoms with Gasteiger partial charge in [-0.2, -0.15) is 0 Å². The predicted octanol–water partition coefficient (Wildman–Crippen LogP) is 1.27. The molecule has 0 aromatic rings. The maximum Gasteiger partial charge on any atom is 0.317 e. The Morgan fingerprint density at radius 1 is 1.32 bits per heavy atom. The molecule has 2 atom stereocenters. The number of hydrogen-bond donors (Lipinski definition) is 2. The monoisotopic (exact) mass is 271 g/mol. The van der Waals surface area contributed by atoms with Gasteiger partial charge in [0, 0.05) is 25.2 Å². The Morgan fingerprint density at radius 2 is 2.05 bits per heavy atom. The summed E-state index contributed by atoms with van der Waals surface area (Å²) in [7, 11) is 4.18. The molecule has 5 nitrogen and oxygen atoms in total. The highest BCUT2D eigenvalue weighted by atomic mass is 16.3. The van der Waals surface area contributed by atoms with E-state index < -0.39 is 0 Å². The van der Waals surface area contributed by atoms with Gasteiger partial charge in [-0.15, -0.1) is 0 Å². The quantitative estimate of drug-likeness (QED) is 0.733. The number of urea groups is 1. The lowest BCUT2D eigenvalue weighted by molar-refractivity contribution is 0.172. The van der Waals surface area contributed by atoms with Gasteiger partial charge < -0.3 is 20.2 Å². The fraction of sp³-hybridized carbons (Fsp3) is 0.929. The summed E-state index contributed by atoms with van der Waals surface area (Å²) in [5, 5.41) is 12.1. The van der Waals surface area contributed by atoms with Gasteiger partial charge in [-0.25, -0.2) is 4.79 Å². The highest BCUT2D eigenvalue weighted by molar-refractivity contribution is 5.74. The second-order valence-corrected chi connectivity index (χ2v) is 5.64. The van der Waals surface area contributed by atoms with E-state index in [1.54, 1.807) is 4.90 Å². The summed E-state index contributed by atoms with van der Waals surface area (Å²) in [5.41, 5.74) is 0. The molecule has 0 aliphatic heterocycles. The first-order valence-electron chi connectivity index (χ1n) is 7.41. The fourth-order valence-electron chi connectivity index (χ4n) is 2.61. The van der Waals surface area contributed by atoms with Gasteiger partial charge in [-0.3, -0.25) is 0 Å². The van der Waals surface area contributed by atoms with Crippen LogP contribution in [0.25, 0.3) is 0 Å². The maximum absolute atomic E-state index is 12.2. The minimum Gasteiger partial charge on any atom is -0.395 e. The molecule has 112 valence electrons. The second kappa shape index (κ2) is 8.38. The number of amides is 2. The van der Waals surface area contributed by atoms with Crippen LogP contribution in [-0.2, 0) is 0 Å². The van der Waals surface area contributed by atoms with Crippen molar-refractivity contribution < 1.29 is 9.90 Å². The summed E-state index contributed by atoms with van der Waals surface area (Å²) in [6.45, 7) is 3.29. The Morgan fingerprint density at radius 3 is 2.58 bits per heavy atom. The van der Waals surface area contributed by atoms with E-state index in [2.05, 4.69) is 31.2 Å². The third kappa shape index (κ3) is 5.37. The first kappa shape index (κ1) is 16.2. The molecule has 1 fully saturated rings. The number of aliphatic hydroxyl groups is 1. The topological polar surface area (TPSA) is 55.8 Å². The second-order valence-electron chi connectivity index (χ2n) is 5.64. The lowest BCUT2D eigenvalue weighted by atomic mass is 10.2. The van der Waals surface area contributed by atoms with Gasteiger partial charge in [0.25, 0.3) is 0 Å². The first-order valence-corrected chi connectivity index (χ1v) is 7.41. The molecule has 5 heteroatoms. The first-order chi connectivity index (χ1) is 9.08. The lowest BCUT2D eigenvalue weighted by Crippen LogP contribution is -2.46. The van der Waals surface area contributed by atoms with E-state index in [1.807, 2.05) is 0 Å². The van der Waals surface area contributed by atoms with Crippen molar-refractivity contribution in [3.63, 3.8) is 0 Å². The molecule has 1 aliphatic carbocycles. The Balaban J connectivity index is 2.39. The summed E-state index contributed by atoms with van der Waals surface area (Å²) >= 11 is 0. The molecule has 2 amide bonds. The van der Waals surface area contributed by atoms with Gasteiger partial charge in [0.05, 0.1) is 6.61 Å². The van der Waals surface area contributed by atoms with Crippen LogP contribution in [0.1, 0.15) is 39.0 Å². The highest BCUT2D eigenvalue weighted by Crippen LogP contribution is 2.22. The van der Waals surface area contributed by atoms with E-state index in [0.29, 0.717) is 12.6 Å². The number of nitrogens with one attached hydrogen (secondary N) is 1. The van der Waals surface area contributed by atoms with E-state index in [4.69, 9.17) is 5.11 Å². The Bertz CT molecular complexity index is 271. The van der Waals surface area contributed by atoms with Gasteiger partial charge in [-0.1, -0.05) is 13.3 Å². The molecule has 2 unspecified atom stereocenters. The van der Waals surface area contributed by atoms with Gasteiger partial charge in [0.15, 0.2) is 0 Å². The average Bonchev–Trinajstić information content (AvgIpc) is 2.83. The molecular formula is C14H29N3O2. The summed E-state index contributed by atoms with van der Waals surface area (Å²) < 4.78 is 0. The Labute approximate surface area is 117 Å². The number of carbonyl (C=O) groups is 1. The van der Waals surface area contributed by atoms with Crippen molar-refractivity contribution in [2.24, 2.45) is 0 Å². The van der Waals surface area contributed by atoms with Crippen LogP contribution in [0.3, 0.4) is 0 Å². The number of rotatable bonds is 7. The number of nitrogens with zero attached hydrogens (tertiary/aromatic N) is 2. The minimum atomic E-state index is -0.0214. The third-order valence-corrected chi connectivity index (χ3v) is 3.90. The van der Waals surface area contributed by atoms with Crippen LogP contribution in [-0.4, -0.2) is 66.8 Å². The molecule has 0 saturated heterocycles. The molecule has 0 spiro atoms. The standard InChI is InChI=1S/C14H29N3O2/c1-4-5-8-17(9-10-18)14(19)15-12-6-7-13(11-12)16(2)3/h12-13,18H,4-11H2,1-3H3,(H,15,19). The molecule has 0 aromatic carbocycles. The van der Waals surface area contributed by atoms with Crippen molar-refractivity contribution in [2.75, 3.05) is 33.8 Å². The van der Waals surface area contributed by atoms with Crippen molar-refractivity contribution in [1.29, 1.82) is 0 Å². The summed E-state index contributed by atoms with van der Waals surface area (Å²) in [4.78, 5) is 16.1. The number of hydrogen-bond acceptors (Lipinski definition) is 3. The zero-order valence-electron chi connectivity index (χ0n) is 12.6. The zero-order chi connectivity index (χ0) is 14.3. The van der Waals surface area contributed by atoms with Crippen molar-refractivity contribution in [3.8, 4) is 0 Å². The maximum atomic E-state index is 12.2. The van der Waals surface area contributed by atoms with Crippen molar-refractivity contribution in [1.82, 2.24) is 15.1 Å². The van der Waals surface area contributed by atoms with E-state index in [-0.39, 0.29) is 18.7 Å². The summed E-state index contributed by atoms with van der Waals surface area (Å²) in [6, 6.07) is 0.835. The van der Waals surface area contributed by atoms with Crippen LogP contribution in [0.2, 0.25) is 0 Å². The van der Waals surface area contributed by atoms with Crippen molar-refractivity contribution in [3.05, 3.63) is 0 Å². The number of carbonyl (C=O) groups excluding carboxylic acids is 1. The lowest BCUT2D eigenvalue weighted by Gasteiger charge is -2.25. The van der Waals surface area contributed by atoms with Crippen LogP contribution in [0.5, 0.6) is 0 Å². The molecule has 2 N–H and O–H groups in total. The van der Waals surface area contributed by atoms with E-state index >= 15 is 0 Å². The van der Waals surface area contributed by atoms with E-state index in [0.717, 1.165) is 38.6 Å². The van der Waals surface area contributed by atoms with Crippen LogP contribution in [0.4, 0.5) is 4.79 Å². The SMILES string of the molecule is CCCCN(CCO)C(=O)NC1CCC(N(C)C)C1. The van der Waals surface area contributed by atoms with Crippen molar-refractivity contribution in [2.45, 2.75) is 51.1 Å². The molecule has 0 radical (unpaired) electrons. The number of aliphatic hydroxyl groups excluding tert-OH is 1. The molecular weight excluding hydrogens is 242 g/mol. The van der Waals surface area contributed by atoms with E-state index in [9.17, 15) is 4.79 Å². The number of unbranched alkanes of at least 4 members (excludes halogenated alkanes) is 1. The summed E-state index contributed by atoms with van der Waals surface area (Å²) in [6.07, 6.45) is 5.27. The van der Waals surface area contributed by atoms with Crippen LogP contribution < -0.4 is 5.32 Å². The van der Waals surface area contributed by atoms with E-state index in [1.165, 1.54) is 0 Å². The minimum absolute atomic E-state index is 0.0214. The molecule has 1 rings (SSSR count). The fourth-order valence-corrected chi connectivity index (χ4v) is 2.61. The average molecular weight is 271 g/mol. The molecule has 1 aliphatic rings. The Kier molecular flexibility index (Phi) is 7.16. The zero-order valence-corrected chi connectivity index (χ0v) is 12.6. The van der Waals surface area contributed by atoms with Crippen LogP contribution in [0.15, 0.2) is 0 Å². The predicted molar refractivity (Wildman–Crippen MR) is 77.2 cm³/mol. The van der Waals surface area contributed by atoms with Crippen molar-refractivity contribution >= 4 is 6.03 Å². The van der Waals surface area contributed by atoms with Gasteiger partial charge in [-0.05, 0) is 39.8 Å².